The molecule has 2 aromatic carbocycles. The van der Waals surface area contributed by atoms with Gasteiger partial charge in [0, 0.05) is 61.8 Å². The largest absolute Gasteiger partial charge is 0.478 e. The molecule has 5 aliphatic rings. The zero-order chi connectivity index (χ0) is 45.7. The first-order chi connectivity index (χ1) is 31.1. The molecule has 0 spiro atoms. The fourth-order valence-electron chi connectivity index (χ4n) is 9.88. The predicted molar refractivity (Wildman–Crippen MR) is 238 cm³/mol. The van der Waals surface area contributed by atoms with Crippen LogP contribution in [0.25, 0.3) is 10.9 Å². The second kappa shape index (κ2) is 17.9. The summed E-state index contributed by atoms with van der Waals surface area (Å²) < 4.78 is 45.5. The van der Waals surface area contributed by atoms with Crippen LogP contribution < -0.4 is 31.1 Å². The van der Waals surface area contributed by atoms with Gasteiger partial charge in [0.2, 0.25) is 17.8 Å². The number of ether oxygens (including phenoxy) is 2. The van der Waals surface area contributed by atoms with Gasteiger partial charge >= 0.3 is 0 Å². The van der Waals surface area contributed by atoms with Crippen LogP contribution in [-0.4, -0.2) is 118 Å². The Hall–Kier alpha value is -5.72. The van der Waals surface area contributed by atoms with Crippen molar-refractivity contribution in [3.05, 3.63) is 80.7 Å². The van der Waals surface area contributed by atoms with Gasteiger partial charge in [-0.3, -0.25) is 34.2 Å². The number of pyridine rings is 1. The Balaban J connectivity index is 0.759. The van der Waals surface area contributed by atoms with Crippen LogP contribution in [0.1, 0.15) is 92.2 Å². The van der Waals surface area contributed by atoms with Crippen molar-refractivity contribution < 1.29 is 37.4 Å². The molecule has 1 saturated carbocycles. The van der Waals surface area contributed by atoms with Gasteiger partial charge in [0.15, 0.2) is 18.2 Å². The summed E-state index contributed by atoms with van der Waals surface area (Å²) in [6, 6.07) is 11.2. The Morgan fingerprint density at radius 3 is 2.51 bits per heavy atom. The van der Waals surface area contributed by atoms with Crippen LogP contribution in [0, 0.1) is 0 Å². The topological polar surface area (TPSA) is 180 Å². The van der Waals surface area contributed by atoms with Gasteiger partial charge in [-0.2, -0.15) is 4.98 Å². The van der Waals surface area contributed by atoms with Gasteiger partial charge in [-0.25, -0.2) is 13.8 Å². The van der Waals surface area contributed by atoms with Crippen molar-refractivity contribution in [3.8, 4) is 5.75 Å². The fraction of sp³-hybridized carbons (Fsp3) is 0.500. The van der Waals surface area contributed by atoms with E-state index in [1.807, 2.05) is 36.9 Å². The summed E-state index contributed by atoms with van der Waals surface area (Å²) in [5.41, 5.74) is 2.59. The van der Waals surface area contributed by atoms with Crippen molar-refractivity contribution in [1.29, 1.82) is 0 Å². The number of fused-ring (bicyclic) bond motifs is 2. The van der Waals surface area contributed by atoms with Crippen molar-refractivity contribution in [2.45, 2.75) is 108 Å². The SMILES string of the molecule is CNC(=O)COc1cc2cc(Nc3nc(N4CCC(OC5CC(N6CCC(c7ccc8c(c7)CN(C7CCC(=O)NC7=O)C8=O)C(F)(F)C6)C5)CC4)ncc3Cl)ccc2n(C(C)C)c1=O. The summed E-state index contributed by atoms with van der Waals surface area (Å²) >= 11 is 6.58. The fourth-order valence-corrected chi connectivity index (χ4v) is 10.0. The Kier molecular flexibility index (Phi) is 12.3. The number of rotatable bonds is 12. The number of amides is 4. The second-order valence-corrected chi connectivity index (χ2v) is 18.4. The highest BCUT2D eigenvalue weighted by molar-refractivity contribution is 6.33. The van der Waals surface area contributed by atoms with E-state index < -0.39 is 23.8 Å². The summed E-state index contributed by atoms with van der Waals surface area (Å²) in [4.78, 5) is 77.0. The highest BCUT2D eigenvalue weighted by Gasteiger charge is 2.49. The van der Waals surface area contributed by atoms with Gasteiger partial charge in [-0.05, 0) is 100 Å². The molecule has 2 unspecified atom stereocenters. The van der Waals surface area contributed by atoms with Crippen LogP contribution in [0.2, 0.25) is 5.02 Å². The number of carbonyl (C=O) groups is 4. The maximum Gasteiger partial charge on any atom is 0.293 e. The molecule has 3 saturated heterocycles. The van der Waals surface area contributed by atoms with Crippen LogP contribution in [0.3, 0.4) is 0 Å². The molecule has 2 atom stereocenters. The number of benzene rings is 2. The number of anilines is 3. The molecule has 4 aliphatic heterocycles. The lowest BCUT2D eigenvalue weighted by atomic mass is 9.81. The van der Waals surface area contributed by atoms with E-state index in [1.165, 1.54) is 11.9 Å². The number of alkyl halides is 2. The Morgan fingerprint density at radius 1 is 1.00 bits per heavy atom. The third-order valence-corrected chi connectivity index (χ3v) is 13.7. The lowest BCUT2D eigenvalue weighted by Crippen LogP contribution is -2.56. The summed E-state index contributed by atoms with van der Waals surface area (Å²) in [7, 11) is 1.50. The van der Waals surface area contributed by atoms with Crippen molar-refractivity contribution in [2.75, 3.05) is 50.1 Å². The van der Waals surface area contributed by atoms with E-state index >= 15 is 8.78 Å². The Morgan fingerprint density at radius 2 is 1.78 bits per heavy atom. The number of hydrogen-bond acceptors (Lipinski definition) is 12. The van der Waals surface area contributed by atoms with Crippen LogP contribution in [0.15, 0.2) is 53.5 Å². The molecule has 9 rings (SSSR count). The number of carbonyl (C=O) groups excluding carboxylic acids is 4. The molecule has 65 heavy (non-hydrogen) atoms. The van der Waals surface area contributed by atoms with Crippen LogP contribution in [-0.2, 0) is 25.7 Å². The molecule has 2 aromatic heterocycles. The number of nitrogens with zero attached hydrogens (tertiary/aromatic N) is 6. The first-order valence-electron chi connectivity index (χ1n) is 22.3. The Labute approximate surface area is 379 Å². The third kappa shape index (κ3) is 8.99. The van der Waals surface area contributed by atoms with Gasteiger partial charge in [0.05, 0.1) is 36.4 Å². The molecule has 0 bridgehead atoms. The van der Waals surface area contributed by atoms with Crippen molar-refractivity contribution in [3.63, 3.8) is 0 Å². The average Bonchev–Trinajstić information content (AvgIpc) is 3.58. The molecular weight excluding hydrogens is 864 g/mol. The number of likely N-dealkylation sites (N-methyl/N-ethyl adjacent to an activating group) is 1. The zero-order valence-electron chi connectivity index (χ0n) is 36.5. The number of aromatic nitrogens is 3. The van der Waals surface area contributed by atoms with E-state index in [0.717, 1.165) is 18.2 Å². The summed E-state index contributed by atoms with van der Waals surface area (Å²) in [5.74, 6) is -4.50. The van der Waals surface area contributed by atoms with Gasteiger partial charge < -0.3 is 34.5 Å². The van der Waals surface area contributed by atoms with E-state index in [9.17, 15) is 24.0 Å². The van der Waals surface area contributed by atoms with Gasteiger partial charge in [0.25, 0.3) is 23.3 Å². The number of piperidine rings is 3. The summed E-state index contributed by atoms with van der Waals surface area (Å²) in [5, 5.41) is 9.13. The lowest BCUT2D eigenvalue weighted by Gasteiger charge is -2.48. The quantitative estimate of drug-likeness (QED) is 0.157. The summed E-state index contributed by atoms with van der Waals surface area (Å²) in [6.45, 7) is 5.18. The van der Waals surface area contributed by atoms with E-state index in [2.05, 4.69) is 25.8 Å². The minimum atomic E-state index is -2.97. The number of hydrogen-bond donors (Lipinski definition) is 3. The third-order valence-electron chi connectivity index (χ3n) is 13.4. The smallest absolute Gasteiger partial charge is 0.293 e. The number of imide groups is 1. The van der Waals surface area contributed by atoms with Crippen molar-refractivity contribution in [2.24, 2.45) is 0 Å². The van der Waals surface area contributed by atoms with Gasteiger partial charge in [-0.1, -0.05) is 23.7 Å². The van der Waals surface area contributed by atoms with E-state index in [-0.39, 0.29) is 92.3 Å². The minimum Gasteiger partial charge on any atom is -0.478 e. The van der Waals surface area contributed by atoms with Crippen molar-refractivity contribution >= 4 is 63.6 Å². The number of nitrogens with one attached hydrogen (secondary N) is 3. The average molecular weight is 916 g/mol. The number of likely N-dealkylation sites (tertiary alicyclic amines) is 1. The van der Waals surface area contributed by atoms with Crippen LogP contribution >= 0.6 is 11.6 Å². The highest BCUT2D eigenvalue weighted by atomic mass is 35.5. The molecule has 19 heteroatoms. The molecule has 0 radical (unpaired) electrons. The molecule has 4 amide bonds. The first-order valence-corrected chi connectivity index (χ1v) is 22.7. The van der Waals surface area contributed by atoms with Gasteiger partial charge in [-0.15, -0.1) is 0 Å². The minimum absolute atomic E-state index is 0.00252. The van der Waals surface area contributed by atoms with E-state index in [1.54, 1.807) is 35.0 Å². The molecule has 344 valence electrons. The summed E-state index contributed by atoms with van der Waals surface area (Å²) in [6.07, 6.45) is 5.16. The molecule has 6 heterocycles. The standard InChI is InChI=1S/C46H52ClF2N9O7/c1-25(2)58-36-7-5-29(17-27(36)18-38(44(58)63)64-23-40(60)50-3)52-41-35(47)21-51-45(54-41)55-13-10-31(11-14-55)65-32-19-30(20-32)56-15-12-34(46(48,49)24-56)26-4-6-33-28(16-26)22-57(43(33)62)37-8-9-39(59)53-42(37)61/h4-7,16-18,21,25,30-32,34,37H,8-15,19-20,22-24H2,1-3H3,(H,50,60)(H,51,52,54)(H,53,59,61). The molecule has 16 nitrogen and oxygen atoms in total. The Bertz CT molecular complexity index is 2600. The number of halogens is 3. The predicted octanol–water partition coefficient (Wildman–Crippen LogP) is 5.30. The molecular formula is C46H52ClF2N9O7. The first kappa shape index (κ1) is 44.5. The maximum atomic E-state index is 15.9. The molecule has 4 fully saturated rings. The molecule has 3 N–H and O–H groups in total. The molecule has 1 aliphatic carbocycles. The maximum absolute atomic E-state index is 15.9. The monoisotopic (exact) mass is 915 g/mol. The van der Waals surface area contributed by atoms with Crippen LogP contribution in [0.4, 0.5) is 26.2 Å². The normalized spacial score (nSPS) is 23.6. The van der Waals surface area contributed by atoms with E-state index in [4.69, 9.17) is 26.1 Å². The van der Waals surface area contributed by atoms with Crippen LogP contribution in [0.5, 0.6) is 5.75 Å². The lowest BCUT2D eigenvalue weighted by molar-refractivity contribution is -0.137. The second-order valence-electron chi connectivity index (χ2n) is 18.0. The van der Waals surface area contributed by atoms with Crippen molar-refractivity contribution in [1.82, 2.24) is 35.0 Å². The zero-order valence-corrected chi connectivity index (χ0v) is 37.2. The highest BCUT2D eigenvalue weighted by Crippen LogP contribution is 2.44. The molecule has 4 aromatic rings. The van der Waals surface area contributed by atoms with Gasteiger partial charge in [0.1, 0.15) is 11.1 Å². The van der Waals surface area contributed by atoms with E-state index in [0.29, 0.717) is 77.2 Å².